The van der Waals surface area contributed by atoms with Crippen LogP contribution in [-0.4, -0.2) is 33.9 Å². The molecule has 8 heteroatoms. The van der Waals surface area contributed by atoms with Crippen LogP contribution < -0.4 is 5.32 Å². The first-order valence-corrected chi connectivity index (χ1v) is 9.98. The number of carbonyl (C=O) groups is 2. The van der Waals surface area contributed by atoms with E-state index in [1.807, 2.05) is 0 Å². The number of amides is 2. The Morgan fingerprint density at radius 1 is 1.03 bits per heavy atom. The van der Waals surface area contributed by atoms with Gasteiger partial charge in [0, 0.05) is 25.0 Å². The van der Waals surface area contributed by atoms with Gasteiger partial charge in [-0.3, -0.25) is 14.6 Å². The lowest BCUT2D eigenvalue weighted by molar-refractivity contribution is -0.189. The molecule has 3 rings (SSSR count). The van der Waals surface area contributed by atoms with Gasteiger partial charge in [-0.05, 0) is 36.1 Å². The molecule has 0 spiro atoms. The molecule has 0 radical (unpaired) electrons. The largest absolute Gasteiger partial charge is 0.471 e. The van der Waals surface area contributed by atoms with Crippen LogP contribution in [0, 0.1) is 0 Å². The lowest BCUT2D eigenvalue weighted by Crippen LogP contribution is -2.50. The van der Waals surface area contributed by atoms with Crippen LogP contribution in [0.5, 0.6) is 0 Å². The third kappa shape index (κ3) is 5.58. The van der Waals surface area contributed by atoms with Crippen LogP contribution in [0.25, 0.3) is 0 Å². The zero-order valence-corrected chi connectivity index (χ0v) is 16.4. The van der Waals surface area contributed by atoms with E-state index < -0.39 is 24.0 Å². The van der Waals surface area contributed by atoms with Crippen molar-refractivity contribution in [3.05, 3.63) is 66.0 Å². The number of alkyl halides is 3. The van der Waals surface area contributed by atoms with Crippen molar-refractivity contribution in [3.63, 3.8) is 0 Å². The number of nitrogens with zero attached hydrogens (tertiary/aromatic N) is 2. The fourth-order valence-corrected chi connectivity index (χ4v) is 3.77. The molecule has 0 unspecified atom stereocenters. The molecule has 1 N–H and O–H groups in total. The molecule has 160 valence electrons. The van der Waals surface area contributed by atoms with E-state index in [2.05, 4.69) is 10.3 Å². The Kier molecular flexibility index (Phi) is 7.07. The van der Waals surface area contributed by atoms with Crippen LogP contribution in [0.4, 0.5) is 13.2 Å². The molecule has 5 nitrogen and oxygen atoms in total. The Morgan fingerprint density at radius 2 is 1.67 bits per heavy atom. The number of hydrogen-bond acceptors (Lipinski definition) is 3. The summed E-state index contributed by atoms with van der Waals surface area (Å²) in [6.45, 7) is -0.343. The lowest BCUT2D eigenvalue weighted by Gasteiger charge is -2.33. The molecule has 2 aromatic rings. The molecule has 1 heterocycles. The normalized spacial score (nSPS) is 16.0. The molecule has 1 fully saturated rings. The number of carbonyl (C=O) groups excluding carboxylic acids is 2. The van der Waals surface area contributed by atoms with E-state index in [1.165, 1.54) is 24.5 Å². The number of benzene rings is 1. The average Bonchev–Trinajstić information content (AvgIpc) is 2.74. The van der Waals surface area contributed by atoms with Gasteiger partial charge in [0.25, 0.3) is 0 Å². The highest BCUT2D eigenvalue weighted by molar-refractivity contribution is 5.90. The molecular weight excluding hydrogens is 395 g/mol. The van der Waals surface area contributed by atoms with Crippen molar-refractivity contribution in [1.82, 2.24) is 15.2 Å². The van der Waals surface area contributed by atoms with Crippen LogP contribution in [0.2, 0.25) is 0 Å². The molecule has 0 saturated heterocycles. The second-order valence-corrected chi connectivity index (χ2v) is 7.44. The summed E-state index contributed by atoms with van der Waals surface area (Å²) in [5.41, 5.74) is 0.784. The zero-order chi connectivity index (χ0) is 21.6. The highest BCUT2D eigenvalue weighted by Gasteiger charge is 2.46. The van der Waals surface area contributed by atoms with Gasteiger partial charge < -0.3 is 10.2 Å². The molecule has 1 aromatic heterocycles. The fourth-order valence-electron chi connectivity index (χ4n) is 3.77. The maximum Gasteiger partial charge on any atom is 0.471 e. The third-order valence-electron chi connectivity index (χ3n) is 5.23. The Hall–Kier alpha value is -2.90. The van der Waals surface area contributed by atoms with Crippen LogP contribution in [0.15, 0.2) is 54.9 Å². The predicted molar refractivity (Wildman–Crippen MR) is 105 cm³/mol. The van der Waals surface area contributed by atoms with Crippen molar-refractivity contribution in [2.45, 2.75) is 56.9 Å². The second-order valence-electron chi connectivity index (χ2n) is 7.44. The number of rotatable bonds is 6. The van der Waals surface area contributed by atoms with Crippen LogP contribution in [0.1, 0.15) is 49.3 Å². The molecular formula is C22H24F3N3O2. The maximum atomic E-state index is 13.5. The minimum atomic E-state index is -5.11. The first kappa shape index (κ1) is 21.8. The summed E-state index contributed by atoms with van der Waals surface area (Å²) < 4.78 is 40.4. The minimum absolute atomic E-state index is 0.102. The van der Waals surface area contributed by atoms with Crippen molar-refractivity contribution < 1.29 is 22.8 Å². The highest BCUT2D eigenvalue weighted by atomic mass is 19.4. The van der Waals surface area contributed by atoms with E-state index in [-0.39, 0.29) is 18.2 Å². The molecule has 1 aromatic carbocycles. The van der Waals surface area contributed by atoms with Crippen LogP contribution >= 0.6 is 0 Å². The molecule has 1 aliphatic rings. The molecule has 30 heavy (non-hydrogen) atoms. The summed E-state index contributed by atoms with van der Waals surface area (Å²) >= 11 is 0. The van der Waals surface area contributed by atoms with E-state index in [0.29, 0.717) is 10.5 Å². The first-order chi connectivity index (χ1) is 14.4. The number of pyridine rings is 1. The monoisotopic (exact) mass is 419 g/mol. The molecule has 1 saturated carbocycles. The molecule has 1 aliphatic carbocycles. The van der Waals surface area contributed by atoms with Gasteiger partial charge in [0.15, 0.2) is 0 Å². The van der Waals surface area contributed by atoms with Crippen LogP contribution in [0.3, 0.4) is 0 Å². The summed E-state index contributed by atoms with van der Waals surface area (Å²) in [7, 11) is 0. The van der Waals surface area contributed by atoms with Crippen LogP contribution in [-0.2, 0) is 16.1 Å². The lowest BCUT2D eigenvalue weighted by atomic mass is 9.94. The van der Waals surface area contributed by atoms with Crippen molar-refractivity contribution in [1.29, 1.82) is 0 Å². The first-order valence-electron chi connectivity index (χ1n) is 9.98. The smallest absolute Gasteiger partial charge is 0.351 e. The number of aromatic nitrogens is 1. The van der Waals surface area contributed by atoms with Crippen molar-refractivity contribution in [3.8, 4) is 0 Å². The molecule has 2 amide bonds. The standard InChI is InChI=1S/C22H24F3N3O2/c23-22(24,25)21(30)28(15-16-7-3-1-4-8-16)19(17-11-13-26-14-12-17)20(29)27-18-9-5-2-6-10-18/h1,3-4,7-8,11-14,18-19H,2,5-6,9-10,15H2,(H,27,29)/t19-/m1/s1. The molecule has 0 bridgehead atoms. The van der Waals surface area contributed by atoms with E-state index in [1.54, 1.807) is 30.3 Å². The summed E-state index contributed by atoms with van der Waals surface area (Å²) in [5.74, 6) is -2.66. The summed E-state index contributed by atoms with van der Waals surface area (Å²) in [5, 5.41) is 2.87. The van der Waals surface area contributed by atoms with Crippen molar-refractivity contribution >= 4 is 11.8 Å². The number of halogens is 3. The SMILES string of the molecule is O=C(NC1CCCCC1)[C@@H](c1ccncc1)N(Cc1ccccc1)C(=O)C(F)(F)F. The van der Waals surface area contributed by atoms with Crippen molar-refractivity contribution in [2.75, 3.05) is 0 Å². The summed E-state index contributed by atoms with van der Waals surface area (Å²) in [6, 6.07) is 9.75. The zero-order valence-electron chi connectivity index (χ0n) is 16.4. The molecule has 1 atom stereocenters. The second kappa shape index (κ2) is 9.73. The van der Waals surface area contributed by atoms with Gasteiger partial charge in [-0.15, -0.1) is 0 Å². The number of nitrogens with one attached hydrogen (secondary N) is 1. The van der Waals surface area contributed by atoms with Gasteiger partial charge >= 0.3 is 12.1 Å². The molecule has 0 aliphatic heterocycles. The van der Waals surface area contributed by atoms with E-state index >= 15 is 0 Å². The summed E-state index contributed by atoms with van der Waals surface area (Å²) in [4.78, 5) is 30.1. The van der Waals surface area contributed by atoms with Gasteiger partial charge in [-0.2, -0.15) is 13.2 Å². The minimum Gasteiger partial charge on any atom is -0.351 e. The Labute approximate surface area is 173 Å². The Bertz CT molecular complexity index is 838. The summed E-state index contributed by atoms with van der Waals surface area (Å²) in [6.07, 6.45) is 2.24. The number of hydrogen-bond donors (Lipinski definition) is 1. The van der Waals surface area contributed by atoms with Gasteiger partial charge in [0.2, 0.25) is 5.91 Å². The topological polar surface area (TPSA) is 62.3 Å². The van der Waals surface area contributed by atoms with E-state index in [9.17, 15) is 22.8 Å². The third-order valence-corrected chi connectivity index (χ3v) is 5.23. The van der Waals surface area contributed by atoms with Gasteiger partial charge in [0.05, 0.1) is 0 Å². The quantitative estimate of drug-likeness (QED) is 0.765. The Morgan fingerprint density at radius 3 is 2.27 bits per heavy atom. The average molecular weight is 419 g/mol. The Balaban J connectivity index is 1.96. The van der Waals surface area contributed by atoms with Gasteiger partial charge in [-0.1, -0.05) is 49.6 Å². The van der Waals surface area contributed by atoms with E-state index in [4.69, 9.17) is 0 Å². The highest BCUT2D eigenvalue weighted by Crippen LogP contribution is 2.30. The fraction of sp³-hybridized carbons (Fsp3) is 0.409. The van der Waals surface area contributed by atoms with E-state index in [0.717, 1.165) is 32.1 Å². The van der Waals surface area contributed by atoms with Crippen molar-refractivity contribution in [2.24, 2.45) is 0 Å². The predicted octanol–water partition coefficient (Wildman–Crippen LogP) is 4.16. The van der Waals surface area contributed by atoms with Gasteiger partial charge in [0.1, 0.15) is 6.04 Å². The maximum absolute atomic E-state index is 13.5. The van der Waals surface area contributed by atoms with Gasteiger partial charge in [-0.25, -0.2) is 0 Å².